The van der Waals surface area contributed by atoms with Crippen molar-refractivity contribution in [3.63, 3.8) is 0 Å². The van der Waals surface area contributed by atoms with Crippen LogP contribution in [0.4, 0.5) is 27.6 Å². The molecule has 0 unspecified atom stereocenters. The van der Waals surface area contributed by atoms with Crippen molar-refractivity contribution in [1.29, 1.82) is 0 Å². The van der Waals surface area contributed by atoms with Crippen molar-refractivity contribution in [2.45, 2.75) is 12.1 Å². The lowest BCUT2D eigenvalue weighted by Gasteiger charge is -2.18. The topological polar surface area (TPSA) is 42.0 Å². The van der Waals surface area contributed by atoms with Crippen LogP contribution in [0.1, 0.15) is 0 Å². The van der Waals surface area contributed by atoms with E-state index >= 15 is 0 Å². The second-order valence-electron chi connectivity index (χ2n) is 3.02. The van der Waals surface area contributed by atoms with E-state index < -0.39 is 23.7 Å². The number of halogens is 7. The molecule has 1 N–H and O–H groups in total. The minimum Gasteiger partial charge on any atom is -0.318 e. The van der Waals surface area contributed by atoms with Crippen molar-refractivity contribution >= 4 is 39.1 Å². The molecule has 0 saturated heterocycles. The molecule has 0 radical (unpaired) electrons. The first kappa shape index (κ1) is 15.1. The van der Waals surface area contributed by atoms with Crippen molar-refractivity contribution < 1.29 is 26.7 Å². The van der Waals surface area contributed by atoms with Crippen LogP contribution in [0.5, 0.6) is 0 Å². The van der Waals surface area contributed by atoms with E-state index in [0.29, 0.717) is 0 Å². The van der Waals surface area contributed by atoms with E-state index in [-0.39, 0.29) is 9.63 Å². The molecule has 0 bridgehead atoms. The smallest absolute Gasteiger partial charge is 0.318 e. The average molecular weight is 353 g/mol. The molecule has 0 fully saturated rings. The number of hydrogen-bond donors (Lipinski definition) is 1. The fraction of sp³-hybridized carbons (Fsp3) is 0.250. The highest BCUT2D eigenvalue weighted by Gasteiger charge is 2.63. The third kappa shape index (κ3) is 3.08. The van der Waals surface area contributed by atoms with Crippen LogP contribution in [0.2, 0.25) is 5.02 Å². The maximum absolute atomic E-state index is 12.6. The molecule has 1 heterocycles. The van der Waals surface area contributed by atoms with Crippen LogP contribution >= 0.6 is 27.5 Å². The molecule has 0 aliphatic rings. The average Bonchev–Trinajstić information content (AvgIpc) is 2.21. The Morgan fingerprint density at radius 3 is 2.39 bits per heavy atom. The molecule has 0 atom stereocenters. The minimum atomic E-state index is -5.98. The largest absolute Gasteiger partial charge is 0.463 e. The van der Waals surface area contributed by atoms with Crippen LogP contribution in [0.25, 0.3) is 0 Å². The highest BCUT2D eigenvalue weighted by atomic mass is 79.9. The summed E-state index contributed by atoms with van der Waals surface area (Å²) in [6, 6.07) is 0.975. The molecule has 1 aromatic heterocycles. The van der Waals surface area contributed by atoms with Gasteiger partial charge in [-0.1, -0.05) is 11.6 Å². The van der Waals surface area contributed by atoms with Gasteiger partial charge >= 0.3 is 18.0 Å². The SMILES string of the molecule is O=C(Nc1cc(Cl)cnc1Br)C(F)(F)C(F)(F)F. The molecule has 0 saturated carbocycles. The number of anilines is 1. The zero-order valence-corrected chi connectivity index (χ0v) is 10.5. The molecule has 1 rings (SSSR count). The highest BCUT2D eigenvalue weighted by Crippen LogP contribution is 2.36. The summed E-state index contributed by atoms with van der Waals surface area (Å²) in [5, 5.41) is 1.36. The number of aromatic nitrogens is 1. The van der Waals surface area contributed by atoms with Crippen molar-refractivity contribution in [2.24, 2.45) is 0 Å². The zero-order chi connectivity index (χ0) is 14.1. The van der Waals surface area contributed by atoms with Crippen molar-refractivity contribution in [2.75, 3.05) is 5.32 Å². The molecule has 0 aliphatic heterocycles. The number of pyridine rings is 1. The normalized spacial score (nSPS) is 12.4. The molecule has 0 spiro atoms. The van der Waals surface area contributed by atoms with Crippen LogP contribution in [-0.4, -0.2) is 23.0 Å². The van der Waals surface area contributed by atoms with Gasteiger partial charge in [-0.2, -0.15) is 22.0 Å². The Balaban J connectivity index is 2.98. The Kier molecular flexibility index (Phi) is 4.16. The quantitative estimate of drug-likeness (QED) is 0.652. The molecular formula is C8H3BrClF5N2O. The summed E-state index contributed by atoms with van der Waals surface area (Å²) >= 11 is 8.23. The zero-order valence-electron chi connectivity index (χ0n) is 8.16. The third-order valence-electron chi connectivity index (χ3n) is 1.70. The van der Waals surface area contributed by atoms with E-state index in [1.165, 1.54) is 5.32 Å². The first-order valence-electron chi connectivity index (χ1n) is 4.12. The summed E-state index contributed by atoms with van der Waals surface area (Å²) in [5.74, 6) is -8.02. The fourth-order valence-electron chi connectivity index (χ4n) is 0.840. The first-order chi connectivity index (χ1) is 8.05. The Morgan fingerprint density at radius 1 is 1.33 bits per heavy atom. The Morgan fingerprint density at radius 2 is 1.89 bits per heavy atom. The summed E-state index contributed by atoms with van der Waals surface area (Å²) in [6.45, 7) is 0. The number of rotatable bonds is 2. The molecular weight excluding hydrogens is 350 g/mol. The van der Waals surface area contributed by atoms with Crippen molar-refractivity contribution in [3.05, 3.63) is 21.9 Å². The molecule has 3 nitrogen and oxygen atoms in total. The molecule has 100 valence electrons. The predicted molar refractivity (Wildman–Crippen MR) is 56.6 cm³/mol. The summed E-state index contributed by atoms with van der Waals surface area (Å²) < 4.78 is 60.9. The van der Waals surface area contributed by atoms with Gasteiger partial charge in [0.2, 0.25) is 0 Å². The molecule has 18 heavy (non-hydrogen) atoms. The highest BCUT2D eigenvalue weighted by molar-refractivity contribution is 9.10. The monoisotopic (exact) mass is 352 g/mol. The number of hydrogen-bond acceptors (Lipinski definition) is 2. The Hall–Kier alpha value is -0.960. The van der Waals surface area contributed by atoms with E-state index in [9.17, 15) is 26.7 Å². The number of nitrogens with one attached hydrogen (secondary N) is 1. The van der Waals surface area contributed by atoms with E-state index in [0.717, 1.165) is 12.3 Å². The van der Waals surface area contributed by atoms with Gasteiger partial charge < -0.3 is 5.32 Å². The summed E-state index contributed by atoms with van der Waals surface area (Å²) in [5.41, 5.74) is -0.392. The standard InChI is InChI=1S/C8H3BrClF5N2O/c9-5-4(1-3(10)2-16-5)17-6(18)7(11,12)8(13,14)15/h1-2H,(H,17,18). The second kappa shape index (κ2) is 4.96. The van der Waals surface area contributed by atoms with Crippen LogP contribution in [0, 0.1) is 0 Å². The van der Waals surface area contributed by atoms with Gasteiger partial charge in [-0.15, -0.1) is 0 Å². The lowest BCUT2D eigenvalue weighted by molar-refractivity contribution is -0.267. The Labute approximate surface area is 110 Å². The Bertz CT molecular complexity index is 479. The lowest BCUT2D eigenvalue weighted by atomic mass is 10.3. The van der Waals surface area contributed by atoms with Gasteiger partial charge in [0.15, 0.2) is 0 Å². The van der Waals surface area contributed by atoms with E-state index in [1.807, 2.05) is 0 Å². The molecule has 0 aliphatic carbocycles. The first-order valence-corrected chi connectivity index (χ1v) is 5.30. The van der Waals surface area contributed by atoms with E-state index in [1.54, 1.807) is 0 Å². The van der Waals surface area contributed by atoms with Gasteiger partial charge in [0, 0.05) is 6.20 Å². The van der Waals surface area contributed by atoms with E-state index in [4.69, 9.17) is 11.6 Å². The van der Waals surface area contributed by atoms with Crippen LogP contribution in [-0.2, 0) is 4.79 Å². The molecule has 0 aromatic carbocycles. The van der Waals surface area contributed by atoms with Gasteiger partial charge in [-0.25, -0.2) is 4.98 Å². The summed E-state index contributed by atoms with van der Waals surface area (Å²) in [7, 11) is 0. The lowest BCUT2D eigenvalue weighted by Crippen LogP contribution is -2.47. The third-order valence-corrected chi connectivity index (χ3v) is 2.53. The van der Waals surface area contributed by atoms with Crippen LogP contribution in [0.15, 0.2) is 16.9 Å². The number of amides is 1. The van der Waals surface area contributed by atoms with Crippen LogP contribution in [0.3, 0.4) is 0 Å². The van der Waals surface area contributed by atoms with Gasteiger partial charge in [0.05, 0.1) is 10.7 Å². The van der Waals surface area contributed by atoms with Gasteiger partial charge in [0.1, 0.15) is 4.60 Å². The number of nitrogens with zero attached hydrogens (tertiary/aromatic N) is 1. The number of alkyl halides is 5. The maximum atomic E-state index is 12.6. The molecule has 10 heteroatoms. The predicted octanol–water partition coefficient (Wildman–Crippen LogP) is 3.63. The van der Waals surface area contributed by atoms with Gasteiger partial charge in [-0.05, 0) is 22.0 Å². The second-order valence-corrected chi connectivity index (χ2v) is 4.21. The number of carbonyl (C=O) groups is 1. The molecule has 1 aromatic rings. The fourth-order valence-corrected chi connectivity index (χ4v) is 1.31. The van der Waals surface area contributed by atoms with Crippen LogP contribution < -0.4 is 5.32 Å². The van der Waals surface area contributed by atoms with Crippen molar-refractivity contribution in [1.82, 2.24) is 4.98 Å². The summed E-state index contributed by atoms with van der Waals surface area (Å²) in [4.78, 5) is 14.4. The summed E-state index contributed by atoms with van der Waals surface area (Å²) in [6.07, 6.45) is -4.86. The van der Waals surface area contributed by atoms with E-state index in [2.05, 4.69) is 20.9 Å². The molecule has 1 amide bonds. The minimum absolute atomic E-state index is 0.0381. The van der Waals surface area contributed by atoms with Gasteiger partial charge in [-0.3, -0.25) is 4.79 Å². The van der Waals surface area contributed by atoms with Crippen molar-refractivity contribution in [3.8, 4) is 0 Å². The number of carbonyl (C=O) groups excluding carboxylic acids is 1. The maximum Gasteiger partial charge on any atom is 0.463 e. The van der Waals surface area contributed by atoms with Gasteiger partial charge in [0.25, 0.3) is 0 Å².